The number of nitrogens with two attached hydrogens (primary N) is 1. The van der Waals surface area contributed by atoms with Gasteiger partial charge in [-0.3, -0.25) is 0 Å². The van der Waals surface area contributed by atoms with E-state index in [2.05, 4.69) is 11.4 Å². The van der Waals surface area contributed by atoms with E-state index in [9.17, 15) is 4.79 Å². The zero-order valence-corrected chi connectivity index (χ0v) is 9.44. The molecule has 0 radical (unpaired) electrons. The van der Waals surface area contributed by atoms with Crippen molar-refractivity contribution in [1.29, 1.82) is 0 Å². The van der Waals surface area contributed by atoms with Crippen LogP contribution in [0.5, 0.6) is 0 Å². The zero-order chi connectivity index (χ0) is 11.5. The van der Waals surface area contributed by atoms with Crippen LogP contribution in [0, 0.1) is 6.92 Å². The molecule has 1 aliphatic rings. The number of primary amides is 1. The molecule has 0 aromatic heterocycles. The molecule has 3 N–H and O–H groups in total. The molecule has 1 unspecified atom stereocenters. The first kappa shape index (κ1) is 11.0. The summed E-state index contributed by atoms with van der Waals surface area (Å²) < 4.78 is 0. The molecule has 1 aromatic rings. The number of aryl methyl sites for hydroxylation is 1. The molecule has 1 aliphatic heterocycles. The zero-order valence-electron chi connectivity index (χ0n) is 9.44. The van der Waals surface area contributed by atoms with Crippen LogP contribution in [0.3, 0.4) is 0 Å². The maximum Gasteiger partial charge on any atom is 0.315 e. The summed E-state index contributed by atoms with van der Waals surface area (Å²) in [6.07, 6.45) is 0. The molecule has 1 atom stereocenters. The summed E-state index contributed by atoms with van der Waals surface area (Å²) in [4.78, 5) is 13.1. The highest BCUT2D eigenvalue weighted by Gasteiger charge is 2.25. The van der Waals surface area contributed by atoms with Crippen LogP contribution in [0.1, 0.15) is 17.2 Å². The minimum atomic E-state index is -0.340. The molecule has 1 saturated heterocycles. The number of nitrogens with one attached hydrogen (secondary N) is 1. The average molecular weight is 219 g/mol. The molecule has 4 heteroatoms. The lowest BCUT2D eigenvalue weighted by atomic mass is 10.0. The van der Waals surface area contributed by atoms with Crippen molar-refractivity contribution in [3.63, 3.8) is 0 Å². The number of rotatable bonds is 1. The molecule has 0 saturated carbocycles. The fraction of sp³-hybridized carbons (Fsp3) is 0.417. The number of carbonyl (C=O) groups excluding carboxylic acids is 1. The number of amides is 2. The van der Waals surface area contributed by atoms with Gasteiger partial charge < -0.3 is 16.0 Å². The minimum Gasteiger partial charge on any atom is -0.351 e. The van der Waals surface area contributed by atoms with Gasteiger partial charge >= 0.3 is 6.03 Å². The molecule has 1 fully saturated rings. The maximum absolute atomic E-state index is 11.3. The van der Waals surface area contributed by atoms with E-state index in [1.165, 1.54) is 5.56 Å². The van der Waals surface area contributed by atoms with Crippen molar-refractivity contribution in [3.8, 4) is 0 Å². The molecule has 86 valence electrons. The van der Waals surface area contributed by atoms with E-state index in [4.69, 9.17) is 5.73 Å². The molecule has 1 heterocycles. The summed E-state index contributed by atoms with van der Waals surface area (Å²) in [6.45, 7) is 4.31. The average Bonchev–Trinajstić information content (AvgIpc) is 2.29. The number of urea groups is 1. The monoisotopic (exact) mass is 219 g/mol. The van der Waals surface area contributed by atoms with Crippen LogP contribution in [-0.4, -0.2) is 30.6 Å². The normalized spacial score (nSPS) is 20.8. The van der Waals surface area contributed by atoms with Gasteiger partial charge in [-0.2, -0.15) is 0 Å². The SMILES string of the molecule is Cc1cccc(C2CNCCN2C(N)=O)c1. The van der Waals surface area contributed by atoms with Crippen LogP contribution in [0.15, 0.2) is 24.3 Å². The van der Waals surface area contributed by atoms with Gasteiger partial charge in [0.1, 0.15) is 0 Å². The Bertz CT molecular complexity index is 392. The fourth-order valence-corrected chi connectivity index (χ4v) is 2.14. The fourth-order valence-electron chi connectivity index (χ4n) is 2.14. The Morgan fingerprint density at radius 1 is 1.56 bits per heavy atom. The summed E-state index contributed by atoms with van der Waals surface area (Å²) in [5, 5.41) is 3.29. The van der Waals surface area contributed by atoms with E-state index in [1.807, 2.05) is 25.1 Å². The van der Waals surface area contributed by atoms with Crippen LogP contribution in [0.25, 0.3) is 0 Å². The van der Waals surface area contributed by atoms with Crippen LogP contribution in [0.2, 0.25) is 0 Å². The second kappa shape index (κ2) is 4.53. The lowest BCUT2D eigenvalue weighted by Gasteiger charge is -2.35. The van der Waals surface area contributed by atoms with Gasteiger partial charge in [-0.15, -0.1) is 0 Å². The van der Waals surface area contributed by atoms with E-state index >= 15 is 0 Å². The van der Waals surface area contributed by atoms with E-state index in [0.717, 1.165) is 18.7 Å². The van der Waals surface area contributed by atoms with Crippen molar-refractivity contribution in [1.82, 2.24) is 10.2 Å². The first-order valence-electron chi connectivity index (χ1n) is 5.52. The van der Waals surface area contributed by atoms with Crippen molar-refractivity contribution in [2.45, 2.75) is 13.0 Å². The van der Waals surface area contributed by atoms with Gasteiger partial charge in [-0.25, -0.2) is 4.79 Å². The smallest absolute Gasteiger partial charge is 0.315 e. The van der Waals surface area contributed by atoms with Crippen LogP contribution < -0.4 is 11.1 Å². The van der Waals surface area contributed by atoms with Crippen molar-refractivity contribution in [2.75, 3.05) is 19.6 Å². The first-order valence-corrected chi connectivity index (χ1v) is 5.52. The summed E-state index contributed by atoms with van der Waals surface area (Å²) in [7, 11) is 0. The molecule has 0 spiro atoms. The van der Waals surface area contributed by atoms with E-state index in [-0.39, 0.29) is 12.1 Å². The van der Waals surface area contributed by atoms with E-state index < -0.39 is 0 Å². The second-order valence-electron chi connectivity index (χ2n) is 4.17. The predicted molar refractivity (Wildman–Crippen MR) is 63.1 cm³/mol. The van der Waals surface area contributed by atoms with Crippen LogP contribution >= 0.6 is 0 Å². The van der Waals surface area contributed by atoms with Crippen molar-refractivity contribution >= 4 is 6.03 Å². The second-order valence-corrected chi connectivity index (χ2v) is 4.17. The molecular formula is C12H17N3O. The lowest BCUT2D eigenvalue weighted by Crippen LogP contribution is -2.50. The van der Waals surface area contributed by atoms with Gasteiger partial charge in [0.05, 0.1) is 6.04 Å². The Morgan fingerprint density at radius 3 is 3.06 bits per heavy atom. The quantitative estimate of drug-likeness (QED) is 0.741. The van der Waals surface area contributed by atoms with Gasteiger partial charge in [0.15, 0.2) is 0 Å². The van der Waals surface area contributed by atoms with Gasteiger partial charge in [0.2, 0.25) is 0 Å². The summed E-state index contributed by atoms with van der Waals surface area (Å²) in [6, 6.07) is 7.93. The highest BCUT2D eigenvalue weighted by molar-refractivity contribution is 5.72. The highest BCUT2D eigenvalue weighted by atomic mass is 16.2. The molecule has 16 heavy (non-hydrogen) atoms. The number of carbonyl (C=O) groups is 1. The Balaban J connectivity index is 2.26. The van der Waals surface area contributed by atoms with Gasteiger partial charge in [-0.1, -0.05) is 29.8 Å². The predicted octanol–water partition coefficient (Wildman–Crippen LogP) is 1.02. The third kappa shape index (κ3) is 2.17. The minimum absolute atomic E-state index is 0.0612. The molecule has 0 aliphatic carbocycles. The summed E-state index contributed by atoms with van der Waals surface area (Å²) in [5.74, 6) is 0. The van der Waals surface area contributed by atoms with Gasteiger partial charge in [-0.05, 0) is 12.5 Å². The van der Waals surface area contributed by atoms with E-state index in [1.54, 1.807) is 4.90 Å². The van der Waals surface area contributed by atoms with Crippen molar-refractivity contribution in [2.24, 2.45) is 5.73 Å². The molecular weight excluding hydrogens is 202 g/mol. The lowest BCUT2D eigenvalue weighted by molar-refractivity contribution is 0.167. The number of hydrogen-bond acceptors (Lipinski definition) is 2. The Hall–Kier alpha value is -1.55. The molecule has 1 aromatic carbocycles. The Labute approximate surface area is 95.4 Å². The number of piperazine rings is 1. The maximum atomic E-state index is 11.3. The molecule has 0 bridgehead atoms. The van der Waals surface area contributed by atoms with Crippen LogP contribution in [0.4, 0.5) is 4.79 Å². The first-order chi connectivity index (χ1) is 7.68. The number of benzene rings is 1. The Kier molecular flexibility index (Phi) is 3.10. The van der Waals surface area contributed by atoms with E-state index in [0.29, 0.717) is 6.54 Å². The summed E-state index contributed by atoms with van der Waals surface area (Å²) in [5.41, 5.74) is 7.74. The largest absolute Gasteiger partial charge is 0.351 e. The van der Waals surface area contributed by atoms with Gasteiger partial charge in [0, 0.05) is 19.6 Å². The third-order valence-electron chi connectivity index (χ3n) is 2.95. The number of nitrogens with zero attached hydrogens (tertiary/aromatic N) is 1. The Morgan fingerprint density at radius 2 is 2.38 bits per heavy atom. The van der Waals surface area contributed by atoms with Crippen LogP contribution in [-0.2, 0) is 0 Å². The van der Waals surface area contributed by atoms with Crippen molar-refractivity contribution < 1.29 is 4.79 Å². The molecule has 4 nitrogen and oxygen atoms in total. The molecule has 2 rings (SSSR count). The topological polar surface area (TPSA) is 58.4 Å². The van der Waals surface area contributed by atoms with Gasteiger partial charge in [0.25, 0.3) is 0 Å². The molecule has 2 amide bonds. The third-order valence-corrected chi connectivity index (χ3v) is 2.95. The van der Waals surface area contributed by atoms with Crippen molar-refractivity contribution in [3.05, 3.63) is 35.4 Å². The standard InChI is InChI=1S/C12H17N3O/c1-9-3-2-4-10(7-9)11-8-14-5-6-15(11)12(13)16/h2-4,7,11,14H,5-6,8H2,1H3,(H2,13,16). The summed E-state index contributed by atoms with van der Waals surface area (Å²) >= 11 is 0. The number of hydrogen-bond donors (Lipinski definition) is 2. The highest BCUT2D eigenvalue weighted by Crippen LogP contribution is 2.22.